The van der Waals surface area contributed by atoms with Crippen molar-refractivity contribution in [2.75, 3.05) is 5.32 Å². The van der Waals surface area contributed by atoms with Gasteiger partial charge in [-0.15, -0.1) is 0 Å². The summed E-state index contributed by atoms with van der Waals surface area (Å²) in [5, 5.41) is 12.1. The Bertz CT molecular complexity index is 802. The zero-order valence-corrected chi connectivity index (χ0v) is 14.5. The van der Waals surface area contributed by atoms with E-state index in [2.05, 4.69) is 21.2 Å². The topological polar surface area (TPSA) is 66.4 Å². The lowest BCUT2D eigenvalue weighted by Gasteiger charge is -2.09. The van der Waals surface area contributed by atoms with Crippen LogP contribution in [0.15, 0.2) is 52.5 Å². The van der Waals surface area contributed by atoms with E-state index in [0.717, 1.165) is 10.0 Å². The zero-order chi connectivity index (χ0) is 17.0. The number of carboxylic acids is 1. The van der Waals surface area contributed by atoms with Crippen molar-refractivity contribution in [3.05, 3.63) is 68.7 Å². The van der Waals surface area contributed by atoms with Crippen molar-refractivity contribution < 1.29 is 14.7 Å². The van der Waals surface area contributed by atoms with Gasteiger partial charge >= 0.3 is 5.97 Å². The number of rotatable bonds is 4. The Balaban J connectivity index is 2.27. The number of hydrogen-bond donors (Lipinski definition) is 2. The number of carbonyl (C=O) groups excluding carboxylic acids is 1. The summed E-state index contributed by atoms with van der Waals surface area (Å²) in [6.45, 7) is 1.65. The van der Waals surface area contributed by atoms with Crippen molar-refractivity contribution in [2.24, 2.45) is 0 Å². The minimum atomic E-state index is -1.13. The van der Waals surface area contributed by atoms with E-state index in [-0.39, 0.29) is 11.3 Å². The highest BCUT2D eigenvalue weighted by molar-refractivity contribution is 9.10. The summed E-state index contributed by atoms with van der Waals surface area (Å²) in [5.74, 6) is -1.53. The molecular formula is C17H13BrClNO3. The molecule has 118 valence electrons. The number of benzene rings is 2. The van der Waals surface area contributed by atoms with Crippen LogP contribution in [0.25, 0.3) is 6.08 Å². The second kappa shape index (κ2) is 7.44. The van der Waals surface area contributed by atoms with Crippen LogP contribution in [0.3, 0.4) is 0 Å². The van der Waals surface area contributed by atoms with E-state index in [1.807, 2.05) is 24.3 Å². The van der Waals surface area contributed by atoms with Crippen molar-refractivity contribution in [3.63, 3.8) is 0 Å². The predicted molar refractivity (Wildman–Crippen MR) is 94.8 cm³/mol. The molecule has 0 aromatic heterocycles. The van der Waals surface area contributed by atoms with E-state index in [1.54, 1.807) is 13.0 Å². The standard InChI is InChI=1S/C17H13BrClNO3/c1-10(8-11-4-2-3-5-14(11)18)16(21)20-15-9-12(19)6-7-13(15)17(22)23/h2-9H,1H3,(H,20,21)(H,22,23). The maximum absolute atomic E-state index is 12.3. The number of carbonyl (C=O) groups is 2. The fourth-order valence-electron chi connectivity index (χ4n) is 1.92. The molecule has 0 bridgehead atoms. The largest absolute Gasteiger partial charge is 0.478 e. The van der Waals surface area contributed by atoms with Crippen molar-refractivity contribution in [1.29, 1.82) is 0 Å². The number of carboxylic acid groups (broad SMARTS) is 1. The van der Waals surface area contributed by atoms with Crippen LogP contribution in [0, 0.1) is 0 Å². The summed E-state index contributed by atoms with van der Waals surface area (Å²) in [6.07, 6.45) is 1.71. The number of halogens is 2. The van der Waals surface area contributed by atoms with E-state index in [4.69, 9.17) is 16.7 Å². The first kappa shape index (κ1) is 17.2. The first-order valence-electron chi connectivity index (χ1n) is 6.65. The van der Waals surface area contributed by atoms with Crippen LogP contribution >= 0.6 is 27.5 Å². The van der Waals surface area contributed by atoms with Crippen LogP contribution in [-0.4, -0.2) is 17.0 Å². The Morgan fingerprint density at radius 1 is 1.22 bits per heavy atom. The maximum atomic E-state index is 12.3. The van der Waals surface area contributed by atoms with Gasteiger partial charge in [-0.3, -0.25) is 4.79 Å². The predicted octanol–water partition coefficient (Wildman–Crippen LogP) is 4.84. The second-order valence-corrected chi connectivity index (χ2v) is 6.09. The highest BCUT2D eigenvalue weighted by Crippen LogP contribution is 2.23. The molecule has 23 heavy (non-hydrogen) atoms. The molecule has 0 saturated carbocycles. The fourth-order valence-corrected chi connectivity index (χ4v) is 2.49. The van der Waals surface area contributed by atoms with Crippen LogP contribution in [-0.2, 0) is 4.79 Å². The Morgan fingerprint density at radius 3 is 2.57 bits per heavy atom. The molecular weight excluding hydrogens is 382 g/mol. The quantitative estimate of drug-likeness (QED) is 0.729. The number of nitrogens with one attached hydrogen (secondary N) is 1. The van der Waals surface area contributed by atoms with Gasteiger partial charge in [0.05, 0.1) is 11.3 Å². The van der Waals surface area contributed by atoms with Gasteiger partial charge in [-0.25, -0.2) is 4.79 Å². The van der Waals surface area contributed by atoms with Gasteiger partial charge in [-0.2, -0.15) is 0 Å². The van der Waals surface area contributed by atoms with E-state index < -0.39 is 11.9 Å². The summed E-state index contributed by atoms with van der Waals surface area (Å²) < 4.78 is 0.862. The molecule has 0 spiro atoms. The molecule has 2 rings (SSSR count). The Morgan fingerprint density at radius 2 is 1.91 bits per heavy atom. The van der Waals surface area contributed by atoms with Crippen LogP contribution in [0.2, 0.25) is 5.02 Å². The van der Waals surface area contributed by atoms with Crippen molar-refractivity contribution >= 4 is 51.2 Å². The molecule has 4 nitrogen and oxygen atoms in total. The molecule has 6 heteroatoms. The van der Waals surface area contributed by atoms with Gasteiger partial charge < -0.3 is 10.4 Å². The highest BCUT2D eigenvalue weighted by atomic mass is 79.9. The highest BCUT2D eigenvalue weighted by Gasteiger charge is 2.14. The number of hydrogen-bond acceptors (Lipinski definition) is 2. The molecule has 0 aliphatic rings. The molecule has 2 aromatic rings. The third-order valence-corrected chi connectivity index (χ3v) is 4.05. The molecule has 1 amide bonds. The van der Waals surface area contributed by atoms with Crippen LogP contribution in [0.5, 0.6) is 0 Å². The lowest BCUT2D eigenvalue weighted by Crippen LogP contribution is -2.15. The molecule has 2 N–H and O–H groups in total. The summed E-state index contributed by atoms with van der Waals surface area (Å²) >= 11 is 9.28. The van der Waals surface area contributed by atoms with Crippen LogP contribution in [0.4, 0.5) is 5.69 Å². The SMILES string of the molecule is CC(=Cc1ccccc1Br)C(=O)Nc1cc(Cl)ccc1C(=O)O. The maximum Gasteiger partial charge on any atom is 0.337 e. The summed E-state index contributed by atoms with van der Waals surface area (Å²) in [7, 11) is 0. The van der Waals surface area contributed by atoms with E-state index in [0.29, 0.717) is 10.6 Å². The molecule has 0 fully saturated rings. The summed E-state index contributed by atoms with van der Waals surface area (Å²) in [4.78, 5) is 23.5. The van der Waals surface area contributed by atoms with Gasteiger partial charge in [-0.05, 0) is 42.8 Å². The summed E-state index contributed by atoms with van der Waals surface area (Å²) in [5.41, 5.74) is 1.43. The van der Waals surface area contributed by atoms with E-state index in [9.17, 15) is 9.59 Å². The number of aromatic carboxylic acids is 1. The fraction of sp³-hybridized carbons (Fsp3) is 0.0588. The molecule has 0 heterocycles. The van der Waals surface area contributed by atoms with Gasteiger partial charge in [-0.1, -0.05) is 45.7 Å². The Hall–Kier alpha value is -2.11. The first-order valence-corrected chi connectivity index (χ1v) is 7.82. The van der Waals surface area contributed by atoms with Crippen molar-refractivity contribution in [2.45, 2.75) is 6.92 Å². The first-order chi connectivity index (χ1) is 10.9. The minimum Gasteiger partial charge on any atom is -0.478 e. The smallest absolute Gasteiger partial charge is 0.337 e. The van der Waals surface area contributed by atoms with Crippen LogP contribution < -0.4 is 5.32 Å². The van der Waals surface area contributed by atoms with E-state index in [1.165, 1.54) is 18.2 Å². The second-order valence-electron chi connectivity index (χ2n) is 4.80. The van der Waals surface area contributed by atoms with Gasteiger partial charge in [0.15, 0.2) is 0 Å². The van der Waals surface area contributed by atoms with Crippen molar-refractivity contribution in [1.82, 2.24) is 0 Å². The lowest BCUT2D eigenvalue weighted by molar-refractivity contribution is -0.112. The summed E-state index contributed by atoms with van der Waals surface area (Å²) in [6, 6.07) is 11.7. The molecule has 0 atom stereocenters. The van der Waals surface area contributed by atoms with Crippen LogP contribution in [0.1, 0.15) is 22.8 Å². The zero-order valence-electron chi connectivity index (χ0n) is 12.1. The molecule has 2 aromatic carbocycles. The Labute approximate surface area is 146 Å². The molecule has 0 saturated heterocycles. The monoisotopic (exact) mass is 393 g/mol. The average Bonchev–Trinajstić information content (AvgIpc) is 2.49. The van der Waals surface area contributed by atoms with Gasteiger partial charge in [0.2, 0.25) is 0 Å². The molecule has 0 aliphatic carbocycles. The third kappa shape index (κ3) is 4.43. The average molecular weight is 395 g/mol. The molecule has 0 unspecified atom stereocenters. The lowest BCUT2D eigenvalue weighted by atomic mass is 10.1. The van der Waals surface area contributed by atoms with E-state index >= 15 is 0 Å². The van der Waals surface area contributed by atoms with Crippen molar-refractivity contribution in [3.8, 4) is 0 Å². The van der Waals surface area contributed by atoms with Gasteiger partial charge in [0.1, 0.15) is 0 Å². The number of anilines is 1. The van der Waals surface area contributed by atoms with Gasteiger partial charge in [0, 0.05) is 15.1 Å². The molecule has 0 aliphatic heterocycles. The molecule has 0 radical (unpaired) electrons. The number of amides is 1. The Kier molecular flexibility index (Phi) is 5.58. The minimum absolute atomic E-state index is 0.0172. The third-order valence-electron chi connectivity index (χ3n) is 3.10. The van der Waals surface area contributed by atoms with Gasteiger partial charge in [0.25, 0.3) is 5.91 Å². The normalized spacial score (nSPS) is 11.2.